The third kappa shape index (κ3) is 4.07. The van der Waals surface area contributed by atoms with Crippen LogP contribution in [0.4, 0.5) is 26.3 Å². The smallest absolute Gasteiger partial charge is 0.465 e. The van der Waals surface area contributed by atoms with Crippen molar-refractivity contribution in [2.45, 2.75) is 22.0 Å². The fourth-order valence-corrected chi connectivity index (χ4v) is 4.71. The summed E-state index contributed by atoms with van der Waals surface area (Å²) in [4.78, 5) is 0. The first-order chi connectivity index (χ1) is 10.2. The number of sulfone groups is 2. The highest BCUT2D eigenvalue weighted by Gasteiger charge is 2.62. The van der Waals surface area contributed by atoms with Gasteiger partial charge in [-0.3, -0.25) is 0 Å². The minimum atomic E-state index is -6.61. The first kappa shape index (κ1) is 19.5. The van der Waals surface area contributed by atoms with E-state index in [-0.39, 0.29) is 5.76 Å². The quantitative estimate of drug-likeness (QED) is 0.727. The van der Waals surface area contributed by atoms with Crippen molar-refractivity contribution < 1.29 is 47.6 Å². The van der Waals surface area contributed by atoms with E-state index in [0.29, 0.717) is 6.08 Å². The summed E-state index contributed by atoms with van der Waals surface area (Å²) in [6.07, 6.45) is 0.974. The van der Waals surface area contributed by atoms with Crippen molar-refractivity contribution in [3.8, 4) is 0 Å². The zero-order valence-electron chi connectivity index (χ0n) is 10.8. The van der Waals surface area contributed by atoms with Crippen LogP contribution in [-0.2, 0) is 19.7 Å². The second-order valence-electron chi connectivity index (χ2n) is 4.06. The van der Waals surface area contributed by atoms with E-state index in [1.54, 1.807) is 0 Å². The molecule has 0 atom stereocenters. The van der Waals surface area contributed by atoms with E-state index in [0.717, 1.165) is 12.3 Å². The average molecular weight is 386 g/mol. The number of allylic oxidation sites excluding steroid dienone is 1. The van der Waals surface area contributed by atoms with E-state index in [4.69, 9.17) is 4.42 Å². The lowest BCUT2D eigenvalue weighted by Gasteiger charge is -2.19. The number of hydrogen-bond donors (Lipinski definition) is 0. The van der Waals surface area contributed by atoms with Crippen molar-refractivity contribution >= 4 is 25.8 Å². The zero-order chi connectivity index (χ0) is 18.1. The normalized spacial score (nSPS) is 14.7. The molecule has 0 spiro atoms. The summed E-state index contributed by atoms with van der Waals surface area (Å²) >= 11 is 0. The molecule has 0 aliphatic rings. The van der Waals surface area contributed by atoms with E-state index in [9.17, 15) is 43.2 Å². The zero-order valence-corrected chi connectivity index (χ0v) is 12.4. The van der Waals surface area contributed by atoms with Gasteiger partial charge >= 0.3 is 11.0 Å². The summed E-state index contributed by atoms with van der Waals surface area (Å²) in [5, 5.41) is 0. The van der Waals surface area contributed by atoms with Crippen LogP contribution in [0.5, 0.6) is 0 Å². The number of alkyl halides is 6. The maximum absolute atomic E-state index is 12.4. The highest BCUT2D eigenvalue weighted by atomic mass is 32.3. The topological polar surface area (TPSA) is 81.4 Å². The molecule has 23 heavy (non-hydrogen) atoms. The highest BCUT2D eigenvalue weighted by Crippen LogP contribution is 2.37. The van der Waals surface area contributed by atoms with Crippen LogP contribution in [0.1, 0.15) is 12.2 Å². The van der Waals surface area contributed by atoms with Gasteiger partial charge in [-0.2, -0.15) is 26.3 Å². The second kappa shape index (κ2) is 6.19. The van der Waals surface area contributed by atoms with Gasteiger partial charge in [-0.1, -0.05) is 6.08 Å². The number of hydrogen-bond acceptors (Lipinski definition) is 5. The summed E-state index contributed by atoms with van der Waals surface area (Å²) < 4.78 is 120. The molecule has 1 aromatic rings. The molecule has 1 aromatic heterocycles. The maximum atomic E-state index is 12.4. The van der Waals surface area contributed by atoms with Crippen LogP contribution < -0.4 is 0 Å². The molecule has 0 saturated heterocycles. The van der Waals surface area contributed by atoms with Crippen LogP contribution >= 0.6 is 0 Å². The lowest BCUT2D eigenvalue weighted by Crippen LogP contribution is -2.44. The van der Waals surface area contributed by atoms with Crippen molar-refractivity contribution in [3.63, 3.8) is 0 Å². The fourth-order valence-electron chi connectivity index (χ4n) is 1.40. The Morgan fingerprint density at radius 1 is 1.00 bits per heavy atom. The molecule has 1 rings (SSSR count). The Hall–Kier alpha value is -1.50. The predicted molar refractivity (Wildman–Crippen MR) is 66.1 cm³/mol. The molecule has 0 aromatic carbocycles. The summed E-state index contributed by atoms with van der Waals surface area (Å²) in [6.45, 7) is 0. The van der Waals surface area contributed by atoms with Crippen molar-refractivity contribution in [2.75, 3.05) is 0 Å². The van der Waals surface area contributed by atoms with Crippen LogP contribution in [0, 0.1) is 0 Å². The summed E-state index contributed by atoms with van der Waals surface area (Å²) in [6, 6.07) is 2.61. The van der Waals surface area contributed by atoms with E-state index >= 15 is 0 Å². The van der Waals surface area contributed by atoms with Crippen LogP contribution in [-0.4, -0.2) is 32.4 Å². The lowest BCUT2D eigenvalue weighted by molar-refractivity contribution is -0.0471. The molecular formula is C10H8F6O5S2. The third-order valence-corrected chi connectivity index (χ3v) is 7.07. The van der Waals surface area contributed by atoms with Crippen LogP contribution in [0.3, 0.4) is 0 Å². The van der Waals surface area contributed by atoms with E-state index in [2.05, 4.69) is 0 Å². The summed E-state index contributed by atoms with van der Waals surface area (Å²) in [5.74, 6) is -0.0161. The monoisotopic (exact) mass is 386 g/mol. The Kier molecular flexibility index (Phi) is 5.26. The molecule has 13 heteroatoms. The van der Waals surface area contributed by atoms with Crippen molar-refractivity contribution in [2.24, 2.45) is 0 Å². The molecule has 0 aliphatic carbocycles. The highest BCUT2D eigenvalue weighted by molar-refractivity contribution is 8.09. The molecule has 0 radical (unpaired) electrons. The molecule has 132 valence electrons. The van der Waals surface area contributed by atoms with Crippen molar-refractivity contribution in [3.05, 3.63) is 30.2 Å². The number of furan rings is 1. The summed E-state index contributed by atoms with van der Waals surface area (Å²) in [7, 11) is -13.2. The molecule has 0 amide bonds. The van der Waals surface area contributed by atoms with Gasteiger partial charge in [0.2, 0.25) is 0 Å². The predicted octanol–water partition coefficient (Wildman–Crippen LogP) is 2.88. The largest absolute Gasteiger partial charge is 0.498 e. The molecular weight excluding hydrogens is 378 g/mol. The lowest BCUT2D eigenvalue weighted by atomic mass is 10.3. The first-order valence-electron chi connectivity index (χ1n) is 5.51. The average Bonchev–Trinajstić information content (AvgIpc) is 2.84. The Morgan fingerprint density at radius 2 is 1.48 bits per heavy atom. The van der Waals surface area contributed by atoms with Crippen molar-refractivity contribution in [1.29, 1.82) is 0 Å². The van der Waals surface area contributed by atoms with Crippen LogP contribution in [0.2, 0.25) is 0 Å². The minimum absolute atomic E-state index is 0.0161. The Balaban J connectivity index is 3.29. The fraction of sp³-hybridized carbons (Fsp3) is 0.400. The van der Waals surface area contributed by atoms with Gasteiger partial charge in [0, 0.05) is 0 Å². The molecule has 0 fully saturated rings. The standard InChI is InChI=1S/C10H8F6O5S2/c11-9(12,13)22(17,18)8(23(19,20)10(14,15)16)5-1-3-7-4-2-6-21-7/h1-4,6,8H,5H2/b3-1+. The minimum Gasteiger partial charge on any atom is -0.465 e. The van der Waals surface area contributed by atoms with E-state index < -0.39 is 41.7 Å². The Bertz CT molecular complexity index is 712. The number of rotatable bonds is 5. The Labute approximate surface area is 126 Å². The van der Waals surface area contributed by atoms with Gasteiger partial charge in [-0.15, -0.1) is 0 Å². The molecule has 0 aliphatic heterocycles. The van der Waals surface area contributed by atoms with Gasteiger partial charge in [-0.25, -0.2) is 16.8 Å². The van der Waals surface area contributed by atoms with Crippen molar-refractivity contribution in [1.82, 2.24) is 0 Å². The third-order valence-electron chi connectivity index (χ3n) is 2.49. The second-order valence-corrected chi connectivity index (χ2v) is 8.61. The molecule has 0 saturated carbocycles. The van der Waals surface area contributed by atoms with Crippen LogP contribution in [0.15, 0.2) is 28.9 Å². The van der Waals surface area contributed by atoms with Gasteiger partial charge in [0.25, 0.3) is 19.7 Å². The van der Waals surface area contributed by atoms with Gasteiger partial charge in [0.05, 0.1) is 6.26 Å². The molecule has 1 heterocycles. The van der Waals surface area contributed by atoms with Gasteiger partial charge in [0.1, 0.15) is 5.76 Å². The Morgan fingerprint density at radius 3 is 1.83 bits per heavy atom. The molecule has 0 bridgehead atoms. The van der Waals surface area contributed by atoms with E-state index in [1.807, 2.05) is 0 Å². The van der Waals surface area contributed by atoms with Crippen LogP contribution in [0.25, 0.3) is 6.08 Å². The molecule has 0 unspecified atom stereocenters. The summed E-state index contributed by atoms with van der Waals surface area (Å²) in [5.41, 5.74) is -12.3. The van der Waals surface area contributed by atoms with Gasteiger partial charge in [-0.05, 0) is 24.6 Å². The first-order valence-corrected chi connectivity index (χ1v) is 8.61. The van der Waals surface area contributed by atoms with E-state index in [1.165, 1.54) is 12.1 Å². The van der Waals surface area contributed by atoms with Gasteiger partial charge < -0.3 is 4.42 Å². The maximum Gasteiger partial charge on any atom is 0.498 e. The molecule has 0 N–H and O–H groups in total. The number of halogens is 6. The van der Waals surface area contributed by atoms with Gasteiger partial charge in [0.15, 0.2) is 4.58 Å². The molecule has 5 nitrogen and oxygen atoms in total. The SMILES string of the molecule is O=S(=O)(C(C/C=C/c1ccco1)S(=O)(=O)C(F)(F)F)C(F)(F)F.